The van der Waals surface area contributed by atoms with Crippen molar-refractivity contribution in [3.8, 4) is 5.75 Å². The maximum Gasteiger partial charge on any atom is 0.240 e. The Labute approximate surface area is 107 Å². The third-order valence-corrected chi connectivity index (χ3v) is 3.62. The van der Waals surface area contributed by atoms with Crippen molar-refractivity contribution in [3.63, 3.8) is 0 Å². The van der Waals surface area contributed by atoms with Crippen molar-refractivity contribution in [2.24, 2.45) is 0 Å². The highest BCUT2D eigenvalue weighted by Crippen LogP contribution is 2.23. The van der Waals surface area contributed by atoms with E-state index in [4.69, 9.17) is 4.74 Å². The van der Waals surface area contributed by atoms with E-state index in [1.54, 1.807) is 0 Å². The molecule has 96 valence electrons. The Balaban J connectivity index is 1.76. The van der Waals surface area contributed by atoms with Gasteiger partial charge in [0.15, 0.2) is 0 Å². The van der Waals surface area contributed by atoms with Crippen LogP contribution in [0.2, 0.25) is 0 Å². The minimum atomic E-state index is 0.00950. The van der Waals surface area contributed by atoms with Gasteiger partial charge in [0.1, 0.15) is 12.4 Å². The minimum absolute atomic E-state index is 0.00950. The lowest BCUT2D eigenvalue weighted by Gasteiger charge is -2.23. The first-order chi connectivity index (χ1) is 8.84. The van der Waals surface area contributed by atoms with Gasteiger partial charge in [0.05, 0.1) is 12.6 Å². The number of hydrogen-bond donors (Lipinski definition) is 1. The first-order valence-electron chi connectivity index (χ1n) is 6.57. The standard InChI is InChI=1S/C14H18N2O2/c17-14(12-5-3-7-15-12)16-8-9-18-13-6-2-1-4-11(13)10-16/h1-2,4,6,12,15H,3,5,7-10H2/t12-/m1/s1. The molecule has 1 aromatic carbocycles. The quantitative estimate of drug-likeness (QED) is 0.808. The number of benzene rings is 1. The van der Waals surface area contributed by atoms with Crippen LogP contribution in [0.15, 0.2) is 24.3 Å². The van der Waals surface area contributed by atoms with Gasteiger partial charge in [-0.2, -0.15) is 0 Å². The highest BCUT2D eigenvalue weighted by Gasteiger charge is 2.28. The Kier molecular flexibility index (Phi) is 3.19. The van der Waals surface area contributed by atoms with Crippen LogP contribution >= 0.6 is 0 Å². The van der Waals surface area contributed by atoms with Gasteiger partial charge in [0.2, 0.25) is 5.91 Å². The molecule has 0 aliphatic carbocycles. The molecule has 1 saturated heterocycles. The van der Waals surface area contributed by atoms with Crippen LogP contribution in [-0.4, -0.2) is 36.5 Å². The lowest BCUT2D eigenvalue weighted by molar-refractivity contribution is -0.133. The molecule has 3 rings (SSSR count). The van der Waals surface area contributed by atoms with Crippen LogP contribution in [0.1, 0.15) is 18.4 Å². The van der Waals surface area contributed by atoms with Gasteiger partial charge in [0.25, 0.3) is 0 Å². The summed E-state index contributed by atoms with van der Waals surface area (Å²) in [7, 11) is 0. The number of ether oxygens (including phenoxy) is 1. The van der Waals surface area contributed by atoms with Gasteiger partial charge in [-0.25, -0.2) is 0 Å². The van der Waals surface area contributed by atoms with E-state index in [1.807, 2.05) is 29.2 Å². The maximum absolute atomic E-state index is 12.4. The van der Waals surface area contributed by atoms with E-state index in [9.17, 15) is 4.79 Å². The number of nitrogens with zero attached hydrogens (tertiary/aromatic N) is 1. The molecule has 2 aliphatic rings. The molecule has 1 fully saturated rings. The van der Waals surface area contributed by atoms with Gasteiger partial charge in [0, 0.05) is 12.1 Å². The van der Waals surface area contributed by atoms with Gasteiger partial charge in [-0.15, -0.1) is 0 Å². The average Bonchev–Trinajstić information content (AvgIpc) is 2.84. The van der Waals surface area contributed by atoms with Crippen LogP contribution in [0.4, 0.5) is 0 Å². The molecule has 0 radical (unpaired) electrons. The minimum Gasteiger partial charge on any atom is -0.491 e. The molecule has 1 atom stereocenters. The number of hydrogen-bond acceptors (Lipinski definition) is 3. The number of fused-ring (bicyclic) bond motifs is 1. The third kappa shape index (κ3) is 2.20. The van der Waals surface area contributed by atoms with Crippen LogP contribution in [0, 0.1) is 0 Å². The Morgan fingerprint density at radius 3 is 3.11 bits per heavy atom. The number of nitrogens with one attached hydrogen (secondary N) is 1. The number of carbonyl (C=O) groups is 1. The molecule has 4 heteroatoms. The van der Waals surface area contributed by atoms with Crippen molar-refractivity contribution < 1.29 is 9.53 Å². The van der Waals surface area contributed by atoms with Crippen molar-refractivity contribution in [3.05, 3.63) is 29.8 Å². The molecular weight excluding hydrogens is 228 g/mol. The summed E-state index contributed by atoms with van der Waals surface area (Å²) in [6, 6.07) is 7.97. The largest absolute Gasteiger partial charge is 0.491 e. The molecule has 2 heterocycles. The van der Waals surface area contributed by atoms with E-state index in [0.29, 0.717) is 19.7 Å². The predicted molar refractivity (Wildman–Crippen MR) is 68.4 cm³/mol. The fourth-order valence-corrected chi connectivity index (χ4v) is 2.63. The Hall–Kier alpha value is -1.55. The van der Waals surface area contributed by atoms with Crippen LogP contribution in [-0.2, 0) is 11.3 Å². The zero-order chi connectivity index (χ0) is 12.4. The second kappa shape index (κ2) is 4.98. The lowest BCUT2D eigenvalue weighted by Crippen LogP contribution is -2.44. The highest BCUT2D eigenvalue weighted by molar-refractivity contribution is 5.82. The SMILES string of the molecule is O=C([C@H]1CCCN1)N1CCOc2ccccc2C1. The second-order valence-electron chi connectivity index (χ2n) is 4.86. The monoisotopic (exact) mass is 246 g/mol. The van der Waals surface area contributed by atoms with E-state index in [-0.39, 0.29) is 11.9 Å². The summed E-state index contributed by atoms with van der Waals surface area (Å²) < 4.78 is 5.68. The fourth-order valence-electron chi connectivity index (χ4n) is 2.63. The van der Waals surface area contributed by atoms with Gasteiger partial charge in [-0.1, -0.05) is 18.2 Å². The smallest absolute Gasteiger partial charge is 0.240 e. The van der Waals surface area contributed by atoms with Crippen LogP contribution in [0.25, 0.3) is 0 Å². The Morgan fingerprint density at radius 2 is 2.28 bits per heavy atom. The summed E-state index contributed by atoms with van der Waals surface area (Å²) in [6.45, 7) is 2.87. The van der Waals surface area contributed by atoms with Gasteiger partial charge < -0.3 is 15.0 Å². The lowest BCUT2D eigenvalue weighted by atomic mass is 10.1. The number of amides is 1. The Morgan fingerprint density at radius 1 is 1.39 bits per heavy atom. The summed E-state index contributed by atoms with van der Waals surface area (Å²) in [5.74, 6) is 1.12. The second-order valence-corrected chi connectivity index (χ2v) is 4.86. The highest BCUT2D eigenvalue weighted by atomic mass is 16.5. The summed E-state index contributed by atoms with van der Waals surface area (Å²) in [6.07, 6.45) is 2.05. The molecule has 0 aromatic heterocycles. The fraction of sp³-hybridized carbons (Fsp3) is 0.500. The first-order valence-corrected chi connectivity index (χ1v) is 6.57. The van der Waals surface area contributed by atoms with E-state index in [2.05, 4.69) is 5.32 Å². The molecule has 18 heavy (non-hydrogen) atoms. The van der Waals surface area contributed by atoms with Crippen molar-refractivity contribution in [2.75, 3.05) is 19.7 Å². The van der Waals surface area contributed by atoms with Gasteiger partial charge >= 0.3 is 0 Å². The van der Waals surface area contributed by atoms with Gasteiger partial charge in [-0.3, -0.25) is 4.79 Å². The molecular formula is C14H18N2O2. The molecule has 1 N–H and O–H groups in total. The molecule has 0 spiro atoms. The molecule has 0 bridgehead atoms. The first kappa shape index (κ1) is 11.5. The van der Waals surface area contributed by atoms with Crippen LogP contribution in [0.3, 0.4) is 0 Å². The van der Waals surface area contributed by atoms with E-state index >= 15 is 0 Å². The topological polar surface area (TPSA) is 41.6 Å². The predicted octanol–water partition coefficient (Wildman–Crippen LogP) is 1.16. The zero-order valence-corrected chi connectivity index (χ0v) is 10.4. The summed E-state index contributed by atoms with van der Waals surface area (Å²) in [5.41, 5.74) is 1.10. The number of para-hydroxylation sites is 1. The molecule has 0 saturated carbocycles. The van der Waals surface area contributed by atoms with Crippen molar-refractivity contribution in [1.29, 1.82) is 0 Å². The number of carbonyl (C=O) groups excluding carboxylic acids is 1. The van der Waals surface area contributed by atoms with Crippen LogP contribution in [0.5, 0.6) is 5.75 Å². The molecule has 1 amide bonds. The molecule has 4 nitrogen and oxygen atoms in total. The maximum atomic E-state index is 12.4. The van der Waals surface area contributed by atoms with Crippen LogP contribution < -0.4 is 10.1 Å². The third-order valence-electron chi connectivity index (χ3n) is 3.62. The molecule has 0 unspecified atom stereocenters. The van der Waals surface area contributed by atoms with Crippen molar-refractivity contribution in [2.45, 2.75) is 25.4 Å². The van der Waals surface area contributed by atoms with E-state index < -0.39 is 0 Å². The van der Waals surface area contributed by atoms with Crippen molar-refractivity contribution in [1.82, 2.24) is 10.2 Å². The zero-order valence-electron chi connectivity index (χ0n) is 10.4. The Bertz CT molecular complexity index is 441. The molecule has 2 aliphatic heterocycles. The normalized spacial score (nSPS) is 23.1. The summed E-state index contributed by atoms with van der Waals surface area (Å²) in [4.78, 5) is 14.3. The van der Waals surface area contributed by atoms with Gasteiger partial charge in [-0.05, 0) is 25.5 Å². The molecule has 1 aromatic rings. The summed E-state index contributed by atoms with van der Waals surface area (Å²) in [5, 5.41) is 3.27. The van der Waals surface area contributed by atoms with E-state index in [0.717, 1.165) is 30.7 Å². The summed E-state index contributed by atoms with van der Waals surface area (Å²) >= 11 is 0. The van der Waals surface area contributed by atoms with E-state index in [1.165, 1.54) is 0 Å². The average molecular weight is 246 g/mol. The number of rotatable bonds is 1. The van der Waals surface area contributed by atoms with Crippen molar-refractivity contribution >= 4 is 5.91 Å².